The van der Waals surface area contributed by atoms with Crippen LogP contribution in [0.2, 0.25) is 0 Å². The van der Waals surface area contributed by atoms with Gasteiger partial charge in [-0.05, 0) is 12.1 Å². The summed E-state index contributed by atoms with van der Waals surface area (Å²) < 4.78 is 0. The number of nitrogen functional groups attached to an aromatic ring is 1. The van der Waals surface area contributed by atoms with Crippen molar-refractivity contribution in [2.45, 2.75) is 27.7 Å². The van der Waals surface area contributed by atoms with Crippen LogP contribution in [0.5, 0.6) is 0 Å². The molecule has 0 amide bonds. The first kappa shape index (κ1) is 15.2. The van der Waals surface area contributed by atoms with E-state index in [0.717, 1.165) is 0 Å². The average molecular weight is 198 g/mol. The maximum Gasteiger partial charge on any atom is 0.165 e. The van der Waals surface area contributed by atoms with Crippen LogP contribution < -0.4 is 16.6 Å². The van der Waals surface area contributed by atoms with Gasteiger partial charge in [-0.15, -0.1) is 0 Å². The number of anilines is 2. The molecule has 1 aromatic heterocycles. The molecule has 14 heavy (non-hydrogen) atoms. The Kier molecular flexibility index (Phi) is 10.6. The summed E-state index contributed by atoms with van der Waals surface area (Å²) in [5, 5.41) is 1.38. The Morgan fingerprint density at radius 2 is 1.71 bits per heavy atom. The average Bonchev–Trinajstić information content (AvgIpc) is 2.24. The predicted molar refractivity (Wildman–Crippen MR) is 63.9 cm³/mol. The second kappa shape index (κ2) is 9.80. The number of pyridine rings is 1. The van der Waals surface area contributed by atoms with Crippen LogP contribution in [0.3, 0.4) is 0 Å². The molecule has 0 aliphatic rings. The van der Waals surface area contributed by atoms with Gasteiger partial charge < -0.3 is 5.73 Å². The van der Waals surface area contributed by atoms with Crippen molar-refractivity contribution in [3.63, 3.8) is 0 Å². The molecule has 0 fully saturated rings. The zero-order valence-electron chi connectivity index (χ0n) is 9.78. The van der Waals surface area contributed by atoms with Crippen molar-refractivity contribution >= 4 is 11.5 Å². The number of aromatic nitrogens is 1. The van der Waals surface area contributed by atoms with Gasteiger partial charge in [-0.25, -0.2) is 10.8 Å². The van der Waals surface area contributed by atoms with E-state index in [4.69, 9.17) is 11.6 Å². The van der Waals surface area contributed by atoms with E-state index in [1.165, 1.54) is 5.01 Å². The molecule has 0 aromatic carbocycles. The molecule has 1 aromatic rings. The molecule has 0 saturated heterocycles. The highest BCUT2D eigenvalue weighted by Gasteiger charge is 1.99. The minimum atomic E-state index is 0.590. The molecule has 0 bridgehead atoms. The molecule has 0 saturated carbocycles. The molecule has 0 radical (unpaired) electrons. The van der Waals surface area contributed by atoms with Crippen LogP contribution in [0.15, 0.2) is 18.3 Å². The molecule has 4 N–H and O–H groups in total. The number of hydrogen-bond donors (Lipinski definition) is 2. The molecular weight excluding hydrogens is 176 g/mol. The lowest BCUT2D eigenvalue weighted by Crippen LogP contribution is -2.26. The Morgan fingerprint density at radius 1 is 1.21 bits per heavy atom. The summed E-state index contributed by atoms with van der Waals surface area (Å²) in [6, 6.07) is 3.52. The van der Waals surface area contributed by atoms with Crippen LogP contribution >= 0.6 is 0 Å². The largest absolute Gasteiger partial charge is 0.396 e. The van der Waals surface area contributed by atoms with Gasteiger partial charge in [0.25, 0.3) is 0 Å². The van der Waals surface area contributed by atoms with Crippen molar-refractivity contribution in [3.8, 4) is 0 Å². The fourth-order valence-corrected chi connectivity index (χ4v) is 0.704. The Morgan fingerprint density at radius 3 is 2.00 bits per heavy atom. The minimum absolute atomic E-state index is 0.590. The van der Waals surface area contributed by atoms with E-state index in [-0.39, 0.29) is 0 Å². The van der Waals surface area contributed by atoms with E-state index < -0.39 is 0 Å². The van der Waals surface area contributed by atoms with E-state index in [0.29, 0.717) is 11.5 Å². The highest BCUT2D eigenvalue weighted by atomic mass is 15.4. The van der Waals surface area contributed by atoms with Gasteiger partial charge in [0.2, 0.25) is 0 Å². The molecule has 0 spiro atoms. The summed E-state index contributed by atoms with van der Waals surface area (Å²) in [7, 11) is 1.69. The second-order valence-electron chi connectivity index (χ2n) is 2.03. The Labute approximate surface area is 86.9 Å². The third-order valence-electron chi connectivity index (χ3n) is 1.15. The number of hydrazine groups is 1. The molecule has 82 valence electrons. The van der Waals surface area contributed by atoms with Gasteiger partial charge in [-0.1, -0.05) is 27.7 Å². The molecule has 1 rings (SSSR count). The van der Waals surface area contributed by atoms with Crippen LogP contribution in [0.4, 0.5) is 11.5 Å². The smallest absolute Gasteiger partial charge is 0.165 e. The molecule has 4 heteroatoms. The summed E-state index contributed by atoms with van der Waals surface area (Å²) in [5.41, 5.74) is 6.13. The molecule has 4 nitrogen and oxygen atoms in total. The van der Waals surface area contributed by atoms with E-state index in [1.54, 1.807) is 25.4 Å². The van der Waals surface area contributed by atoms with Gasteiger partial charge in [0.15, 0.2) is 5.82 Å². The number of rotatable bonds is 1. The van der Waals surface area contributed by atoms with Crippen molar-refractivity contribution in [1.82, 2.24) is 4.98 Å². The van der Waals surface area contributed by atoms with Gasteiger partial charge in [-0.3, -0.25) is 5.01 Å². The Hall–Kier alpha value is -1.29. The first-order valence-electron chi connectivity index (χ1n) is 4.90. The lowest BCUT2D eigenvalue weighted by atomic mass is 10.4. The van der Waals surface area contributed by atoms with Gasteiger partial charge in [-0.2, -0.15) is 0 Å². The second-order valence-corrected chi connectivity index (χ2v) is 2.03. The van der Waals surface area contributed by atoms with E-state index in [2.05, 4.69) is 4.98 Å². The quantitative estimate of drug-likeness (QED) is 0.535. The lowest BCUT2D eigenvalue weighted by molar-refractivity contribution is 0.980. The third-order valence-corrected chi connectivity index (χ3v) is 1.15. The number of hydrogen-bond acceptors (Lipinski definition) is 4. The van der Waals surface area contributed by atoms with Gasteiger partial charge in [0, 0.05) is 13.2 Å². The summed E-state index contributed by atoms with van der Waals surface area (Å²) >= 11 is 0. The Bertz CT molecular complexity index is 223. The van der Waals surface area contributed by atoms with Crippen LogP contribution in [-0.2, 0) is 0 Å². The maximum atomic E-state index is 5.54. The lowest BCUT2D eigenvalue weighted by Gasteiger charge is -2.11. The topological polar surface area (TPSA) is 68.2 Å². The Balaban J connectivity index is 0. The van der Waals surface area contributed by atoms with E-state index >= 15 is 0 Å². The van der Waals surface area contributed by atoms with Crippen LogP contribution in [-0.4, -0.2) is 12.0 Å². The molecular formula is C10H22N4. The van der Waals surface area contributed by atoms with E-state index in [9.17, 15) is 0 Å². The number of nitrogens with zero attached hydrogens (tertiary/aromatic N) is 2. The fourth-order valence-electron chi connectivity index (χ4n) is 0.704. The molecule has 0 aliphatic carbocycles. The molecule has 0 aliphatic heterocycles. The van der Waals surface area contributed by atoms with Crippen molar-refractivity contribution in [2.24, 2.45) is 5.84 Å². The SMILES string of the molecule is CC.CC.CN(N)c1ncccc1N. The highest BCUT2D eigenvalue weighted by molar-refractivity contribution is 5.60. The zero-order valence-corrected chi connectivity index (χ0v) is 9.78. The van der Waals surface area contributed by atoms with Gasteiger partial charge in [0.05, 0.1) is 5.69 Å². The van der Waals surface area contributed by atoms with Crippen LogP contribution in [0, 0.1) is 0 Å². The van der Waals surface area contributed by atoms with Gasteiger partial charge in [0.1, 0.15) is 0 Å². The maximum absolute atomic E-state index is 5.54. The monoisotopic (exact) mass is 198 g/mol. The van der Waals surface area contributed by atoms with Gasteiger partial charge >= 0.3 is 0 Å². The van der Waals surface area contributed by atoms with Crippen molar-refractivity contribution < 1.29 is 0 Å². The minimum Gasteiger partial charge on any atom is -0.396 e. The summed E-state index contributed by atoms with van der Waals surface area (Å²) in [6.45, 7) is 8.00. The predicted octanol–water partition coefficient (Wildman–Crippen LogP) is 2.03. The highest BCUT2D eigenvalue weighted by Crippen LogP contribution is 2.13. The zero-order chi connectivity index (χ0) is 11.6. The van der Waals surface area contributed by atoms with Crippen molar-refractivity contribution in [3.05, 3.63) is 18.3 Å². The third kappa shape index (κ3) is 5.37. The van der Waals surface area contributed by atoms with Crippen molar-refractivity contribution in [1.29, 1.82) is 0 Å². The van der Waals surface area contributed by atoms with E-state index in [1.807, 2.05) is 27.7 Å². The standard InChI is InChI=1S/C6H10N4.2C2H6/c1-10(8)6-5(7)3-2-4-9-6;2*1-2/h2-4H,7-8H2,1H3;2*1-2H3. The fraction of sp³-hybridized carbons (Fsp3) is 0.500. The molecule has 0 unspecified atom stereocenters. The summed E-state index contributed by atoms with van der Waals surface area (Å²) in [4.78, 5) is 3.95. The first-order chi connectivity index (χ1) is 6.72. The molecule has 0 atom stereocenters. The summed E-state index contributed by atoms with van der Waals surface area (Å²) in [6.07, 6.45) is 1.65. The van der Waals surface area contributed by atoms with Crippen LogP contribution in [0.1, 0.15) is 27.7 Å². The number of nitrogens with two attached hydrogens (primary N) is 2. The van der Waals surface area contributed by atoms with Crippen LogP contribution in [0.25, 0.3) is 0 Å². The van der Waals surface area contributed by atoms with Crippen molar-refractivity contribution in [2.75, 3.05) is 17.8 Å². The molecule has 1 heterocycles. The summed E-state index contributed by atoms with van der Waals surface area (Å²) in [5.74, 6) is 6.00. The normalized spacial score (nSPS) is 7.57. The first-order valence-corrected chi connectivity index (χ1v) is 4.90.